The Morgan fingerprint density at radius 1 is 0.815 bits per heavy atom. The zero-order chi connectivity index (χ0) is 20.3. The molecule has 2 atom stereocenters. The third-order valence-electron chi connectivity index (χ3n) is 3.98. The second-order valence-electron chi connectivity index (χ2n) is 6.70. The van der Waals surface area contributed by atoms with Crippen LogP contribution >= 0.6 is 0 Å². The summed E-state index contributed by atoms with van der Waals surface area (Å²) < 4.78 is 15.2. The lowest BCUT2D eigenvalue weighted by Gasteiger charge is -2.17. The number of aliphatic hydroxyl groups excluding tert-OH is 4. The number of aliphatic hydroxyl groups is 4. The van der Waals surface area contributed by atoms with Crippen molar-refractivity contribution < 1.29 is 39.2 Å². The molecule has 2 unspecified atom stereocenters. The molecule has 0 aliphatic heterocycles. The molecule has 0 radical (unpaired) electrons. The normalized spacial score (nSPS) is 13.4. The van der Waals surface area contributed by atoms with Crippen LogP contribution in [0.2, 0.25) is 0 Å². The average molecular weight is 392 g/mol. The fourth-order valence-electron chi connectivity index (χ4n) is 2.35. The predicted molar refractivity (Wildman–Crippen MR) is 102 cm³/mol. The monoisotopic (exact) mass is 392 g/mol. The van der Waals surface area contributed by atoms with Gasteiger partial charge in [0.25, 0.3) is 5.97 Å². The third kappa shape index (κ3) is 17.1. The molecule has 0 aromatic carbocycles. The Balaban J connectivity index is 3.94. The second-order valence-corrected chi connectivity index (χ2v) is 6.70. The molecule has 0 saturated carbocycles. The fourth-order valence-corrected chi connectivity index (χ4v) is 2.35. The first-order chi connectivity index (χ1) is 13.0. The van der Waals surface area contributed by atoms with Crippen molar-refractivity contribution in [2.24, 2.45) is 0 Å². The zero-order valence-corrected chi connectivity index (χ0v) is 16.6. The van der Waals surface area contributed by atoms with Gasteiger partial charge in [-0.05, 0) is 6.42 Å². The van der Waals surface area contributed by atoms with Crippen LogP contribution in [-0.2, 0) is 18.8 Å². The van der Waals surface area contributed by atoms with Crippen molar-refractivity contribution in [1.82, 2.24) is 0 Å². The molecule has 0 aromatic rings. The number of carbonyl (C=O) groups excluding carboxylic acids is 1. The maximum atomic E-state index is 11.9. The van der Waals surface area contributed by atoms with Gasteiger partial charge in [0.1, 0.15) is 0 Å². The van der Waals surface area contributed by atoms with Crippen LogP contribution in [0.15, 0.2) is 0 Å². The largest absolute Gasteiger partial charge is 0.715 e. The standard InChI is InChI=1S/C18H37BO8/c1-2-3-4-5-6-7-8-9-10-11-18(24)27-19(25-14-16(22)12-20)26-15-17(23)13-21/h16-17,20-23H,2-15H2,1H3. The molecule has 0 aliphatic rings. The van der Waals surface area contributed by atoms with E-state index < -0.39 is 38.7 Å². The molecule has 0 spiro atoms. The van der Waals surface area contributed by atoms with E-state index in [1.54, 1.807) is 0 Å². The van der Waals surface area contributed by atoms with Gasteiger partial charge in [0, 0.05) is 6.42 Å². The van der Waals surface area contributed by atoms with Crippen molar-refractivity contribution in [3.63, 3.8) is 0 Å². The molecule has 4 N–H and O–H groups in total. The summed E-state index contributed by atoms with van der Waals surface area (Å²) in [6, 6.07) is 0. The Labute approximate surface area is 163 Å². The van der Waals surface area contributed by atoms with E-state index in [9.17, 15) is 15.0 Å². The lowest BCUT2D eigenvalue weighted by atomic mass is 10.1. The number of hydrogen-bond acceptors (Lipinski definition) is 8. The van der Waals surface area contributed by atoms with Gasteiger partial charge in [-0.3, -0.25) is 4.79 Å². The summed E-state index contributed by atoms with van der Waals surface area (Å²) in [5, 5.41) is 36.2. The van der Waals surface area contributed by atoms with Gasteiger partial charge in [0.2, 0.25) is 0 Å². The van der Waals surface area contributed by atoms with Crippen molar-refractivity contribution in [2.75, 3.05) is 26.4 Å². The quantitative estimate of drug-likeness (QED) is 0.191. The lowest BCUT2D eigenvalue weighted by molar-refractivity contribution is -0.138. The molecule has 0 fully saturated rings. The highest BCUT2D eigenvalue weighted by atomic mass is 16.7. The molecular weight excluding hydrogens is 355 g/mol. The van der Waals surface area contributed by atoms with Crippen LogP contribution in [0.5, 0.6) is 0 Å². The van der Waals surface area contributed by atoms with Gasteiger partial charge in [-0.1, -0.05) is 58.3 Å². The average Bonchev–Trinajstić information content (AvgIpc) is 2.67. The van der Waals surface area contributed by atoms with Crippen LogP contribution in [0.25, 0.3) is 0 Å². The van der Waals surface area contributed by atoms with Crippen LogP contribution in [0.3, 0.4) is 0 Å². The predicted octanol–water partition coefficient (Wildman–Crippen LogP) is 1.17. The van der Waals surface area contributed by atoms with Crippen molar-refractivity contribution in [2.45, 2.75) is 83.3 Å². The molecule has 0 aromatic heterocycles. The molecule has 0 rings (SSSR count). The lowest BCUT2D eigenvalue weighted by Crippen LogP contribution is -2.36. The van der Waals surface area contributed by atoms with Gasteiger partial charge >= 0.3 is 7.32 Å². The maximum Gasteiger partial charge on any atom is 0.715 e. The Bertz CT molecular complexity index is 331. The topological polar surface area (TPSA) is 126 Å². The summed E-state index contributed by atoms with van der Waals surface area (Å²) in [5.41, 5.74) is 0. The van der Waals surface area contributed by atoms with Crippen LogP contribution in [0.4, 0.5) is 0 Å². The van der Waals surface area contributed by atoms with E-state index in [1.807, 2.05) is 0 Å². The molecule has 9 heteroatoms. The fraction of sp³-hybridized carbons (Fsp3) is 0.944. The van der Waals surface area contributed by atoms with E-state index in [-0.39, 0.29) is 19.6 Å². The zero-order valence-electron chi connectivity index (χ0n) is 16.6. The molecule has 0 aliphatic carbocycles. The van der Waals surface area contributed by atoms with Gasteiger partial charge in [-0.25, -0.2) is 0 Å². The van der Waals surface area contributed by atoms with E-state index in [1.165, 1.54) is 38.5 Å². The minimum atomic E-state index is -1.40. The minimum absolute atomic E-state index is 0.226. The Hall–Kier alpha value is -0.705. The highest BCUT2D eigenvalue weighted by Crippen LogP contribution is 2.11. The van der Waals surface area contributed by atoms with Crippen LogP contribution in [0, 0.1) is 0 Å². The summed E-state index contributed by atoms with van der Waals surface area (Å²) >= 11 is 0. The Morgan fingerprint density at radius 3 is 1.70 bits per heavy atom. The van der Waals surface area contributed by atoms with Gasteiger partial charge < -0.3 is 34.4 Å². The number of unbranched alkanes of at least 4 members (excludes halogenated alkanes) is 8. The van der Waals surface area contributed by atoms with E-state index in [2.05, 4.69) is 6.92 Å². The van der Waals surface area contributed by atoms with Gasteiger partial charge in [0.15, 0.2) is 0 Å². The molecule has 0 saturated heterocycles. The first kappa shape index (κ1) is 26.3. The van der Waals surface area contributed by atoms with E-state index >= 15 is 0 Å². The van der Waals surface area contributed by atoms with Gasteiger partial charge in [0.05, 0.1) is 38.6 Å². The van der Waals surface area contributed by atoms with Crippen molar-refractivity contribution in [3.8, 4) is 0 Å². The van der Waals surface area contributed by atoms with E-state index in [4.69, 9.17) is 24.2 Å². The Kier molecular flexibility index (Phi) is 18.2. The molecule has 27 heavy (non-hydrogen) atoms. The second kappa shape index (κ2) is 18.6. The summed E-state index contributed by atoms with van der Waals surface area (Å²) in [6.45, 7) is 0.615. The van der Waals surface area contributed by atoms with Crippen LogP contribution in [0.1, 0.15) is 71.1 Å². The smallest absolute Gasteiger partial charge is 0.485 e. The highest BCUT2D eigenvalue weighted by Gasteiger charge is 2.28. The van der Waals surface area contributed by atoms with Gasteiger partial charge in [-0.15, -0.1) is 0 Å². The molecule has 0 heterocycles. The summed E-state index contributed by atoms with van der Waals surface area (Å²) in [7, 11) is -1.40. The number of hydrogen-bond donors (Lipinski definition) is 4. The summed E-state index contributed by atoms with van der Waals surface area (Å²) in [6.07, 6.45) is 8.21. The van der Waals surface area contributed by atoms with Crippen LogP contribution < -0.4 is 0 Å². The van der Waals surface area contributed by atoms with E-state index in [0.717, 1.165) is 12.8 Å². The SMILES string of the molecule is CCCCCCCCCCCC(=O)OB(OCC(O)CO)OCC(O)CO. The maximum absolute atomic E-state index is 11.9. The first-order valence-electron chi connectivity index (χ1n) is 10.0. The minimum Gasteiger partial charge on any atom is -0.485 e. The van der Waals surface area contributed by atoms with Crippen LogP contribution in [-0.4, -0.2) is 72.4 Å². The highest BCUT2D eigenvalue weighted by molar-refractivity contribution is 6.39. The summed E-state index contributed by atoms with van der Waals surface area (Å²) in [4.78, 5) is 11.9. The number of rotatable bonds is 19. The van der Waals surface area contributed by atoms with Crippen molar-refractivity contribution >= 4 is 13.3 Å². The molecule has 0 bridgehead atoms. The van der Waals surface area contributed by atoms with Crippen molar-refractivity contribution in [1.29, 1.82) is 0 Å². The Morgan fingerprint density at radius 2 is 1.26 bits per heavy atom. The summed E-state index contributed by atoms with van der Waals surface area (Å²) in [5.74, 6) is -0.500. The molecule has 8 nitrogen and oxygen atoms in total. The van der Waals surface area contributed by atoms with E-state index in [0.29, 0.717) is 6.42 Å². The first-order valence-corrected chi connectivity index (χ1v) is 10.0. The molecule has 0 amide bonds. The molecular formula is C18H37BO8. The van der Waals surface area contributed by atoms with Crippen molar-refractivity contribution in [3.05, 3.63) is 0 Å². The third-order valence-corrected chi connectivity index (χ3v) is 3.98. The molecule has 160 valence electrons. The number of carbonyl (C=O) groups is 1. The van der Waals surface area contributed by atoms with Gasteiger partial charge in [-0.2, -0.15) is 0 Å².